The number of aromatic nitrogens is 1. The molecule has 1 heterocycles. The predicted molar refractivity (Wildman–Crippen MR) is 44.5 cm³/mol. The SMILES string of the molecule is [B]c1ccc(C(F)(F)C(F)(F)C(F)(F)F)nc1. The fourth-order valence-electron chi connectivity index (χ4n) is 0.930. The van der Waals surface area contributed by atoms with Gasteiger partial charge in [-0.2, -0.15) is 30.7 Å². The quantitative estimate of drug-likeness (QED) is 0.584. The van der Waals surface area contributed by atoms with E-state index in [1.54, 1.807) is 0 Å². The van der Waals surface area contributed by atoms with Gasteiger partial charge in [-0.1, -0.05) is 11.5 Å². The summed E-state index contributed by atoms with van der Waals surface area (Å²) in [6.45, 7) is 0. The minimum absolute atomic E-state index is 0.139. The molecule has 0 bridgehead atoms. The first kappa shape index (κ1) is 13.8. The summed E-state index contributed by atoms with van der Waals surface area (Å²) in [5, 5.41) is 0. The summed E-state index contributed by atoms with van der Waals surface area (Å²) >= 11 is 0. The molecule has 17 heavy (non-hydrogen) atoms. The molecule has 0 unspecified atom stereocenters. The van der Waals surface area contributed by atoms with Gasteiger partial charge in [0.1, 0.15) is 13.5 Å². The topological polar surface area (TPSA) is 12.9 Å². The first-order valence-corrected chi connectivity index (χ1v) is 4.04. The van der Waals surface area contributed by atoms with Gasteiger partial charge in [0.05, 0.1) is 0 Å². The highest BCUT2D eigenvalue weighted by molar-refractivity contribution is 6.32. The fraction of sp³-hybridized carbons (Fsp3) is 0.375. The largest absolute Gasteiger partial charge is 0.460 e. The standard InChI is InChI=1S/C8H3BF7N/c9-4-1-2-5(17-3-4)6(10,11)7(12,13)8(14,15)16/h1-3H. The lowest BCUT2D eigenvalue weighted by Gasteiger charge is -2.27. The molecular formula is C8H3BF7N. The van der Waals surface area contributed by atoms with E-state index in [1.165, 1.54) is 0 Å². The summed E-state index contributed by atoms with van der Waals surface area (Å²) in [5.74, 6) is -11.7. The Balaban J connectivity index is 3.23. The molecule has 2 radical (unpaired) electrons. The van der Waals surface area contributed by atoms with E-state index < -0.39 is 23.7 Å². The summed E-state index contributed by atoms with van der Waals surface area (Å²) in [6, 6.07) is 1.07. The van der Waals surface area contributed by atoms with Gasteiger partial charge in [-0.25, -0.2) is 0 Å². The number of rotatable bonds is 2. The lowest BCUT2D eigenvalue weighted by atomic mass is 9.97. The number of hydrogen-bond acceptors (Lipinski definition) is 1. The first-order valence-electron chi connectivity index (χ1n) is 4.04. The number of halogens is 7. The molecule has 0 fully saturated rings. The average molecular weight is 257 g/mol. The summed E-state index contributed by atoms with van der Waals surface area (Å²) in [4.78, 5) is 2.77. The number of hydrogen-bond donors (Lipinski definition) is 0. The lowest BCUT2D eigenvalue weighted by molar-refractivity contribution is -0.360. The number of nitrogens with zero attached hydrogens (tertiary/aromatic N) is 1. The molecule has 0 aromatic carbocycles. The third-order valence-electron chi connectivity index (χ3n) is 1.86. The van der Waals surface area contributed by atoms with Crippen LogP contribution in [0.25, 0.3) is 0 Å². The Kier molecular flexibility index (Phi) is 3.15. The zero-order chi connectivity index (χ0) is 13.5. The molecule has 9 heteroatoms. The Morgan fingerprint density at radius 2 is 1.47 bits per heavy atom. The van der Waals surface area contributed by atoms with Crippen LogP contribution in [-0.2, 0) is 5.92 Å². The second-order valence-electron chi connectivity index (χ2n) is 3.12. The molecule has 0 atom stereocenters. The van der Waals surface area contributed by atoms with Crippen LogP contribution in [0.4, 0.5) is 30.7 Å². The normalized spacial score (nSPS) is 13.8. The van der Waals surface area contributed by atoms with Gasteiger partial charge in [-0.15, -0.1) is 0 Å². The van der Waals surface area contributed by atoms with Crippen LogP contribution in [0.5, 0.6) is 0 Å². The van der Waals surface area contributed by atoms with Crippen molar-refractivity contribution in [2.75, 3.05) is 0 Å². The van der Waals surface area contributed by atoms with E-state index >= 15 is 0 Å². The van der Waals surface area contributed by atoms with Crippen molar-refractivity contribution in [1.82, 2.24) is 4.98 Å². The highest BCUT2D eigenvalue weighted by Gasteiger charge is 2.74. The molecule has 0 N–H and O–H groups in total. The van der Waals surface area contributed by atoms with Crippen molar-refractivity contribution in [2.24, 2.45) is 0 Å². The summed E-state index contributed by atoms with van der Waals surface area (Å²) in [7, 11) is 5.05. The maximum atomic E-state index is 13.0. The zero-order valence-electron chi connectivity index (χ0n) is 7.90. The Labute approximate surface area is 92.1 Å². The van der Waals surface area contributed by atoms with E-state index in [1.807, 2.05) is 0 Å². The lowest BCUT2D eigenvalue weighted by Crippen LogP contribution is -2.50. The number of alkyl halides is 7. The maximum absolute atomic E-state index is 13.0. The van der Waals surface area contributed by atoms with Crippen molar-refractivity contribution >= 4 is 13.3 Å². The van der Waals surface area contributed by atoms with Crippen molar-refractivity contribution in [3.63, 3.8) is 0 Å². The molecule has 0 saturated heterocycles. The van der Waals surface area contributed by atoms with Crippen LogP contribution in [0.15, 0.2) is 18.3 Å². The molecule has 0 aliphatic rings. The first-order chi connectivity index (χ1) is 7.50. The molecule has 1 aromatic heterocycles. The van der Waals surface area contributed by atoms with E-state index in [0.29, 0.717) is 12.3 Å². The molecule has 0 spiro atoms. The van der Waals surface area contributed by atoms with Crippen LogP contribution in [-0.4, -0.2) is 24.9 Å². The Morgan fingerprint density at radius 1 is 0.941 bits per heavy atom. The molecule has 0 aliphatic heterocycles. The minimum atomic E-state index is -6.38. The van der Waals surface area contributed by atoms with Crippen LogP contribution in [0, 0.1) is 0 Å². The van der Waals surface area contributed by atoms with Crippen LogP contribution >= 0.6 is 0 Å². The average Bonchev–Trinajstić information content (AvgIpc) is 2.16. The Hall–Kier alpha value is -1.28. The second kappa shape index (κ2) is 3.88. The highest BCUT2D eigenvalue weighted by atomic mass is 19.4. The molecule has 92 valence electrons. The zero-order valence-corrected chi connectivity index (χ0v) is 7.90. The highest BCUT2D eigenvalue weighted by Crippen LogP contribution is 2.50. The van der Waals surface area contributed by atoms with Gasteiger partial charge in [-0.05, 0) is 6.07 Å². The van der Waals surface area contributed by atoms with Gasteiger partial charge in [0.15, 0.2) is 0 Å². The monoisotopic (exact) mass is 257 g/mol. The van der Waals surface area contributed by atoms with Crippen LogP contribution in [0.1, 0.15) is 5.69 Å². The van der Waals surface area contributed by atoms with E-state index in [0.717, 1.165) is 6.07 Å². The van der Waals surface area contributed by atoms with Crippen molar-refractivity contribution in [3.05, 3.63) is 24.0 Å². The Bertz CT molecular complexity index is 397. The predicted octanol–water partition coefficient (Wildman–Crippen LogP) is 2.16. The maximum Gasteiger partial charge on any atom is 0.460 e. The smallest absolute Gasteiger partial charge is 0.255 e. The van der Waals surface area contributed by atoms with Gasteiger partial charge in [-0.3, -0.25) is 4.98 Å². The van der Waals surface area contributed by atoms with Crippen molar-refractivity contribution in [1.29, 1.82) is 0 Å². The molecular weight excluding hydrogens is 254 g/mol. The minimum Gasteiger partial charge on any atom is -0.255 e. The van der Waals surface area contributed by atoms with Crippen LogP contribution in [0.2, 0.25) is 0 Å². The molecule has 1 nitrogen and oxygen atoms in total. The van der Waals surface area contributed by atoms with Gasteiger partial charge >= 0.3 is 18.0 Å². The van der Waals surface area contributed by atoms with Crippen LogP contribution in [0.3, 0.4) is 0 Å². The molecule has 0 amide bonds. The van der Waals surface area contributed by atoms with E-state index in [4.69, 9.17) is 7.85 Å². The summed E-state index contributed by atoms with van der Waals surface area (Å²) < 4.78 is 86.5. The van der Waals surface area contributed by atoms with Gasteiger partial charge < -0.3 is 0 Å². The molecule has 0 saturated carbocycles. The molecule has 0 aliphatic carbocycles. The van der Waals surface area contributed by atoms with Crippen LogP contribution < -0.4 is 5.46 Å². The van der Waals surface area contributed by atoms with Crippen molar-refractivity contribution in [3.8, 4) is 0 Å². The van der Waals surface area contributed by atoms with Crippen molar-refractivity contribution in [2.45, 2.75) is 18.0 Å². The Morgan fingerprint density at radius 3 is 1.82 bits per heavy atom. The fourth-order valence-corrected chi connectivity index (χ4v) is 0.930. The van der Waals surface area contributed by atoms with Gasteiger partial charge in [0, 0.05) is 6.20 Å². The van der Waals surface area contributed by atoms with E-state index in [2.05, 4.69) is 4.98 Å². The third-order valence-corrected chi connectivity index (χ3v) is 1.86. The van der Waals surface area contributed by atoms with E-state index in [9.17, 15) is 30.7 Å². The third kappa shape index (κ3) is 2.23. The second-order valence-corrected chi connectivity index (χ2v) is 3.12. The van der Waals surface area contributed by atoms with Gasteiger partial charge in [0.25, 0.3) is 0 Å². The van der Waals surface area contributed by atoms with E-state index in [-0.39, 0.29) is 5.46 Å². The molecule has 1 aromatic rings. The summed E-state index contributed by atoms with van der Waals surface area (Å²) in [6.07, 6.45) is -5.81. The van der Waals surface area contributed by atoms with Crippen molar-refractivity contribution < 1.29 is 30.7 Å². The van der Waals surface area contributed by atoms with Gasteiger partial charge in [0.2, 0.25) is 0 Å². The summed E-state index contributed by atoms with van der Waals surface area (Å²) in [5.41, 5.74) is -1.84. The molecule has 1 rings (SSSR count). The number of pyridine rings is 1.